The van der Waals surface area contributed by atoms with Crippen molar-refractivity contribution in [3.63, 3.8) is 0 Å². The molecule has 4 nitrogen and oxygen atoms in total. The van der Waals surface area contributed by atoms with Crippen LogP contribution in [0.2, 0.25) is 0 Å². The minimum Gasteiger partial charge on any atom is -0.434 e. The molecule has 26 heavy (non-hydrogen) atoms. The van der Waals surface area contributed by atoms with E-state index in [4.69, 9.17) is 0 Å². The molecule has 0 atom stereocenters. The average Bonchev–Trinajstić information content (AvgIpc) is 2.65. The van der Waals surface area contributed by atoms with Gasteiger partial charge in [-0.3, -0.25) is 9.69 Å². The van der Waals surface area contributed by atoms with Crippen LogP contribution in [0.15, 0.2) is 48.5 Å². The summed E-state index contributed by atoms with van der Waals surface area (Å²) in [6, 6.07) is 13.9. The summed E-state index contributed by atoms with van der Waals surface area (Å²) in [5.74, 6) is -0.581. The maximum Gasteiger partial charge on any atom is 0.387 e. The van der Waals surface area contributed by atoms with Crippen molar-refractivity contribution in [3.8, 4) is 5.75 Å². The topological polar surface area (TPSA) is 41.6 Å². The highest BCUT2D eigenvalue weighted by molar-refractivity contribution is 5.96. The molecule has 2 aromatic rings. The smallest absolute Gasteiger partial charge is 0.387 e. The summed E-state index contributed by atoms with van der Waals surface area (Å²) in [6.45, 7) is 4.47. The minimum absolute atomic E-state index is 0.0888. The fraction of sp³-hybridized carbons (Fsp3) is 0.350. The van der Waals surface area contributed by atoms with Crippen LogP contribution in [0.4, 0.5) is 8.78 Å². The molecule has 0 spiro atoms. The van der Waals surface area contributed by atoms with Gasteiger partial charge in [-0.25, -0.2) is 0 Å². The van der Waals surface area contributed by atoms with Crippen LogP contribution in [0.5, 0.6) is 5.75 Å². The van der Waals surface area contributed by atoms with E-state index in [2.05, 4.69) is 28.8 Å². The van der Waals surface area contributed by atoms with Crippen molar-refractivity contribution in [2.75, 3.05) is 13.1 Å². The van der Waals surface area contributed by atoms with Gasteiger partial charge >= 0.3 is 6.61 Å². The van der Waals surface area contributed by atoms with E-state index in [9.17, 15) is 13.6 Å². The Hall–Kier alpha value is -2.47. The largest absolute Gasteiger partial charge is 0.434 e. The third kappa shape index (κ3) is 5.81. The summed E-state index contributed by atoms with van der Waals surface area (Å²) in [4.78, 5) is 14.6. The molecular formula is C20H24F2N2O2. The van der Waals surface area contributed by atoms with E-state index in [1.165, 1.54) is 17.7 Å². The lowest BCUT2D eigenvalue weighted by Crippen LogP contribution is -2.24. The fourth-order valence-corrected chi connectivity index (χ4v) is 2.60. The Morgan fingerprint density at radius 3 is 2.27 bits per heavy atom. The molecule has 0 aliphatic heterocycles. The zero-order chi connectivity index (χ0) is 18.9. The SMILES string of the molecule is CCN(CC)Cc1ccc(CNC(=O)c2ccccc2OC(F)F)cc1. The predicted molar refractivity (Wildman–Crippen MR) is 97.3 cm³/mol. The van der Waals surface area contributed by atoms with Gasteiger partial charge in [-0.2, -0.15) is 8.78 Å². The lowest BCUT2D eigenvalue weighted by molar-refractivity contribution is -0.0501. The highest BCUT2D eigenvalue weighted by atomic mass is 19.3. The van der Waals surface area contributed by atoms with Gasteiger partial charge in [-0.15, -0.1) is 0 Å². The van der Waals surface area contributed by atoms with Crippen LogP contribution in [0.3, 0.4) is 0 Å². The van der Waals surface area contributed by atoms with Gasteiger partial charge < -0.3 is 10.1 Å². The lowest BCUT2D eigenvalue weighted by atomic mass is 10.1. The number of para-hydroxylation sites is 1. The number of alkyl halides is 2. The molecule has 1 amide bonds. The number of ether oxygens (including phenoxy) is 1. The van der Waals surface area contributed by atoms with Gasteiger partial charge in [-0.05, 0) is 36.3 Å². The molecule has 0 aliphatic rings. The number of carbonyl (C=O) groups excluding carboxylic acids is 1. The first-order chi connectivity index (χ1) is 12.5. The summed E-state index contributed by atoms with van der Waals surface area (Å²) in [6.07, 6.45) is 0. The third-order valence-electron chi connectivity index (χ3n) is 4.12. The number of benzene rings is 2. The van der Waals surface area contributed by atoms with Crippen molar-refractivity contribution in [1.82, 2.24) is 10.2 Å². The Labute approximate surface area is 152 Å². The number of rotatable bonds is 9. The molecule has 0 heterocycles. The van der Waals surface area contributed by atoms with Gasteiger partial charge in [0.1, 0.15) is 5.75 Å². The van der Waals surface area contributed by atoms with Gasteiger partial charge in [0, 0.05) is 13.1 Å². The van der Waals surface area contributed by atoms with Gasteiger partial charge in [-0.1, -0.05) is 50.2 Å². The molecule has 0 saturated heterocycles. The molecule has 6 heteroatoms. The number of carbonyl (C=O) groups is 1. The van der Waals surface area contributed by atoms with Crippen LogP contribution in [0.1, 0.15) is 35.3 Å². The molecular weight excluding hydrogens is 338 g/mol. The van der Waals surface area contributed by atoms with Crippen LogP contribution in [0, 0.1) is 0 Å². The first kappa shape index (κ1) is 19.8. The molecule has 140 valence electrons. The van der Waals surface area contributed by atoms with Crippen molar-refractivity contribution in [2.24, 2.45) is 0 Å². The third-order valence-corrected chi connectivity index (χ3v) is 4.12. The first-order valence-corrected chi connectivity index (χ1v) is 8.65. The second kappa shape index (κ2) is 9.87. The van der Waals surface area contributed by atoms with E-state index in [0.717, 1.165) is 25.2 Å². The van der Waals surface area contributed by atoms with E-state index < -0.39 is 12.5 Å². The van der Waals surface area contributed by atoms with Gasteiger partial charge in [0.25, 0.3) is 5.91 Å². The molecule has 0 unspecified atom stereocenters. The van der Waals surface area contributed by atoms with Crippen LogP contribution < -0.4 is 10.1 Å². The number of hydrogen-bond donors (Lipinski definition) is 1. The maximum absolute atomic E-state index is 12.4. The second-order valence-electron chi connectivity index (χ2n) is 5.84. The Kier molecular flexibility index (Phi) is 7.53. The van der Waals surface area contributed by atoms with Crippen LogP contribution >= 0.6 is 0 Å². The van der Waals surface area contributed by atoms with Crippen LogP contribution in [0.25, 0.3) is 0 Å². The quantitative estimate of drug-likeness (QED) is 0.731. The van der Waals surface area contributed by atoms with E-state index in [-0.39, 0.29) is 11.3 Å². The molecule has 0 fully saturated rings. The molecule has 2 aromatic carbocycles. The molecule has 0 aromatic heterocycles. The van der Waals surface area contributed by atoms with Crippen molar-refractivity contribution < 1.29 is 18.3 Å². The standard InChI is InChI=1S/C20H24F2N2O2/c1-3-24(4-2)14-16-11-9-15(10-12-16)13-23-19(25)17-7-5-6-8-18(17)26-20(21)22/h5-12,20H,3-4,13-14H2,1-2H3,(H,23,25). The van der Waals surface area contributed by atoms with Gasteiger partial charge in [0.2, 0.25) is 0 Å². The second-order valence-corrected chi connectivity index (χ2v) is 5.84. The Bertz CT molecular complexity index is 701. The average molecular weight is 362 g/mol. The van der Waals surface area contributed by atoms with Gasteiger partial charge in [0.15, 0.2) is 0 Å². The number of nitrogens with one attached hydrogen (secondary N) is 1. The van der Waals surface area contributed by atoms with E-state index in [1.54, 1.807) is 12.1 Å². The normalized spacial score (nSPS) is 11.0. The molecule has 0 saturated carbocycles. The minimum atomic E-state index is -2.97. The molecule has 2 rings (SSSR count). The number of amides is 1. The predicted octanol–water partition coefficient (Wildman–Crippen LogP) is 4.06. The number of hydrogen-bond acceptors (Lipinski definition) is 3. The Balaban J connectivity index is 1.95. The van der Waals surface area contributed by atoms with Crippen molar-refractivity contribution >= 4 is 5.91 Å². The first-order valence-electron chi connectivity index (χ1n) is 8.65. The molecule has 0 radical (unpaired) electrons. The van der Waals surface area contributed by atoms with E-state index >= 15 is 0 Å². The zero-order valence-corrected chi connectivity index (χ0v) is 15.0. The molecule has 0 bridgehead atoms. The van der Waals surface area contributed by atoms with Gasteiger partial charge in [0.05, 0.1) is 5.56 Å². The monoisotopic (exact) mass is 362 g/mol. The van der Waals surface area contributed by atoms with E-state index in [1.807, 2.05) is 24.3 Å². The summed E-state index contributed by atoms with van der Waals surface area (Å²) < 4.78 is 29.3. The van der Waals surface area contributed by atoms with E-state index in [0.29, 0.717) is 6.54 Å². The van der Waals surface area contributed by atoms with Crippen LogP contribution in [-0.2, 0) is 13.1 Å². The lowest BCUT2D eigenvalue weighted by Gasteiger charge is -2.18. The molecule has 0 aliphatic carbocycles. The summed E-state index contributed by atoms with van der Waals surface area (Å²) >= 11 is 0. The Morgan fingerprint density at radius 1 is 1.04 bits per heavy atom. The van der Waals surface area contributed by atoms with Crippen molar-refractivity contribution in [2.45, 2.75) is 33.5 Å². The van der Waals surface area contributed by atoms with Crippen LogP contribution in [-0.4, -0.2) is 30.5 Å². The zero-order valence-electron chi connectivity index (χ0n) is 15.0. The fourth-order valence-electron chi connectivity index (χ4n) is 2.60. The Morgan fingerprint density at radius 2 is 1.65 bits per heavy atom. The van der Waals surface area contributed by atoms with Crippen molar-refractivity contribution in [3.05, 3.63) is 65.2 Å². The summed E-state index contributed by atoms with van der Waals surface area (Å²) in [5, 5.41) is 2.74. The summed E-state index contributed by atoms with van der Waals surface area (Å²) in [5.41, 5.74) is 2.24. The van der Waals surface area contributed by atoms with Crippen molar-refractivity contribution in [1.29, 1.82) is 0 Å². The number of nitrogens with zero attached hydrogens (tertiary/aromatic N) is 1. The summed E-state index contributed by atoms with van der Waals surface area (Å²) in [7, 11) is 0. The molecule has 1 N–H and O–H groups in total. The number of halogens is 2. The maximum atomic E-state index is 12.4. The highest BCUT2D eigenvalue weighted by Gasteiger charge is 2.15. The highest BCUT2D eigenvalue weighted by Crippen LogP contribution is 2.20.